The Hall–Kier alpha value is -4.42. The van der Waals surface area contributed by atoms with E-state index in [1.165, 1.54) is 10.9 Å². The molecule has 1 heterocycles. The van der Waals surface area contributed by atoms with Crippen molar-refractivity contribution in [3.8, 4) is 11.8 Å². The van der Waals surface area contributed by atoms with Crippen LogP contribution >= 0.6 is 0 Å². The van der Waals surface area contributed by atoms with Gasteiger partial charge in [-0.2, -0.15) is 5.26 Å². The summed E-state index contributed by atoms with van der Waals surface area (Å²) in [4.78, 5) is 23.7. The number of aromatic nitrogens is 3. The lowest BCUT2D eigenvalue weighted by atomic mass is 10.2. The quantitative estimate of drug-likeness (QED) is 0.185. The number of hydrogen-bond donors (Lipinski definition) is 4. The molecule has 0 saturated carbocycles. The predicted octanol–water partition coefficient (Wildman–Crippen LogP) is 1.00. The SMILES string of the molecule is N#CCNC(=O)c1cn(CCC(F)CN/C=C(\N)C(=O)NCc2cc(OC(F)(F)F)ccc2F)nn1. The van der Waals surface area contributed by atoms with Crippen LogP contribution in [0.15, 0.2) is 36.3 Å². The minimum Gasteiger partial charge on any atom is -0.406 e. The Balaban J connectivity index is 1.76. The van der Waals surface area contributed by atoms with Crippen LogP contribution in [-0.4, -0.2) is 52.4 Å². The van der Waals surface area contributed by atoms with Gasteiger partial charge in [-0.1, -0.05) is 5.21 Å². The normalized spacial score (nSPS) is 12.4. The summed E-state index contributed by atoms with van der Waals surface area (Å²) in [5, 5.41) is 22.8. The Morgan fingerprint density at radius 1 is 1.31 bits per heavy atom. The molecule has 16 heteroatoms. The highest BCUT2D eigenvalue weighted by molar-refractivity contribution is 5.92. The van der Waals surface area contributed by atoms with Crippen LogP contribution in [0.2, 0.25) is 0 Å². The zero-order chi connectivity index (χ0) is 26.7. The number of benzene rings is 1. The molecular weight excluding hydrogens is 495 g/mol. The zero-order valence-electron chi connectivity index (χ0n) is 18.5. The van der Waals surface area contributed by atoms with Gasteiger partial charge in [-0.15, -0.1) is 18.3 Å². The van der Waals surface area contributed by atoms with Crippen LogP contribution in [0.5, 0.6) is 5.75 Å². The molecule has 0 aliphatic carbocycles. The Labute approximate surface area is 201 Å². The molecule has 2 amide bonds. The van der Waals surface area contributed by atoms with E-state index in [-0.39, 0.29) is 43.0 Å². The van der Waals surface area contributed by atoms with Crippen molar-refractivity contribution in [2.24, 2.45) is 5.73 Å². The lowest BCUT2D eigenvalue weighted by molar-refractivity contribution is -0.274. The minimum absolute atomic E-state index is 0.0226. The highest BCUT2D eigenvalue weighted by atomic mass is 19.4. The van der Waals surface area contributed by atoms with Crippen LogP contribution in [0, 0.1) is 17.1 Å². The molecule has 1 aromatic carbocycles. The molecule has 11 nitrogen and oxygen atoms in total. The first kappa shape index (κ1) is 27.8. The van der Waals surface area contributed by atoms with Crippen molar-refractivity contribution in [2.75, 3.05) is 13.1 Å². The van der Waals surface area contributed by atoms with Crippen LogP contribution in [0.4, 0.5) is 22.0 Å². The van der Waals surface area contributed by atoms with E-state index in [0.717, 1.165) is 24.4 Å². The van der Waals surface area contributed by atoms with Crippen molar-refractivity contribution >= 4 is 11.8 Å². The van der Waals surface area contributed by atoms with E-state index in [1.807, 2.05) is 0 Å². The Bertz CT molecular complexity index is 1130. The molecule has 1 aromatic heterocycles. The van der Waals surface area contributed by atoms with Crippen LogP contribution in [-0.2, 0) is 17.9 Å². The summed E-state index contributed by atoms with van der Waals surface area (Å²) in [6, 6.07) is 4.07. The average Bonchev–Trinajstić information content (AvgIpc) is 3.29. The number of nitrogens with two attached hydrogens (primary N) is 1. The maximum absolute atomic E-state index is 14.1. The lowest BCUT2D eigenvalue weighted by Crippen LogP contribution is -2.30. The summed E-state index contributed by atoms with van der Waals surface area (Å²) in [6.45, 7) is -0.818. The standard InChI is InChI=1S/C20H21F5N8O3/c21-13(3-6-33-11-17(31-32-33)19(35)29-5-4-26)9-28-10-16(27)18(34)30-8-12-7-14(1-2-15(12)22)36-20(23,24)25/h1-2,7,10-11,13,28H,3,5-6,8-9,27H2,(H,29,35)(H,30,34)/b16-10-. The molecule has 0 spiro atoms. The second kappa shape index (κ2) is 12.9. The molecule has 0 aliphatic rings. The molecule has 0 bridgehead atoms. The molecule has 0 radical (unpaired) electrons. The van der Waals surface area contributed by atoms with Gasteiger partial charge in [0.25, 0.3) is 11.8 Å². The molecule has 36 heavy (non-hydrogen) atoms. The van der Waals surface area contributed by atoms with Crippen molar-refractivity contribution in [1.29, 1.82) is 5.26 Å². The molecule has 5 N–H and O–H groups in total. The number of amides is 2. The third kappa shape index (κ3) is 9.44. The number of rotatable bonds is 12. The van der Waals surface area contributed by atoms with Crippen LogP contribution < -0.4 is 26.4 Å². The zero-order valence-corrected chi connectivity index (χ0v) is 18.5. The second-order valence-electron chi connectivity index (χ2n) is 7.09. The van der Waals surface area contributed by atoms with Gasteiger partial charge in [0, 0.05) is 31.4 Å². The smallest absolute Gasteiger partial charge is 0.406 e. The van der Waals surface area contributed by atoms with Crippen molar-refractivity contribution in [3.05, 3.63) is 53.4 Å². The second-order valence-corrected chi connectivity index (χ2v) is 7.09. The van der Waals surface area contributed by atoms with Gasteiger partial charge < -0.3 is 26.4 Å². The van der Waals surface area contributed by atoms with E-state index in [4.69, 9.17) is 11.0 Å². The first-order valence-corrected chi connectivity index (χ1v) is 10.2. The summed E-state index contributed by atoms with van der Waals surface area (Å²) >= 11 is 0. The molecule has 0 saturated heterocycles. The van der Waals surface area contributed by atoms with Crippen LogP contribution in [0.3, 0.4) is 0 Å². The van der Waals surface area contributed by atoms with E-state index in [9.17, 15) is 31.5 Å². The fourth-order valence-corrected chi connectivity index (χ4v) is 2.62. The number of hydrogen-bond acceptors (Lipinski definition) is 8. The Kier molecular flexibility index (Phi) is 9.95. The van der Waals surface area contributed by atoms with Crippen LogP contribution in [0.1, 0.15) is 22.5 Å². The molecule has 1 unspecified atom stereocenters. The summed E-state index contributed by atoms with van der Waals surface area (Å²) in [5.74, 6) is -2.99. The molecule has 0 fully saturated rings. The van der Waals surface area contributed by atoms with Gasteiger partial charge >= 0.3 is 6.36 Å². The number of ether oxygens (including phenoxy) is 1. The molecule has 2 aromatic rings. The molecule has 1 atom stereocenters. The van der Waals surface area contributed by atoms with E-state index < -0.39 is 42.5 Å². The van der Waals surface area contributed by atoms with Gasteiger partial charge in [0.1, 0.15) is 30.0 Å². The van der Waals surface area contributed by atoms with Crippen molar-refractivity contribution < 1.29 is 36.3 Å². The van der Waals surface area contributed by atoms with E-state index in [2.05, 4.69) is 31.0 Å². The third-order valence-corrected chi connectivity index (χ3v) is 4.32. The van der Waals surface area contributed by atoms with Crippen molar-refractivity contribution in [1.82, 2.24) is 30.9 Å². The largest absolute Gasteiger partial charge is 0.573 e. The summed E-state index contributed by atoms with van der Waals surface area (Å²) in [7, 11) is 0. The molecule has 194 valence electrons. The first-order valence-electron chi connectivity index (χ1n) is 10.2. The summed E-state index contributed by atoms with van der Waals surface area (Å²) in [6.07, 6.45) is -4.07. The lowest BCUT2D eigenvalue weighted by Gasteiger charge is -2.12. The van der Waals surface area contributed by atoms with Gasteiger partial charge in [-0.05, 0) is 24.6 Å². The third-order valence-electron chi connectivity index (χ3n) is 4.32. The molecule has 0 aliphatic heterocycles. The first-order chi connectivity index (χ1) is 17.0. The number of nitrogens with zero attached hydrogens (tertiary/aromatic N) is 4. The highest BCUT2D eigenvalue weighted by Gasteiger charge is 2.31. The van der Waals surface area contributed by atoms with E-state index in [1.54, 1.807) is 6.07 Å². The van der Waals surface area contributed by atoms with Crippen LogP contribution in [0.25, 0.3) is 0 Å². The average molecular weight is 516 g/mol. The predicted molar refractivity (Wildman–Crippen MR) is 113 cm³/mol. The fourth-order valence-electron chi connectivity index (χ4n) is 2.62. The highest BCUT2D eigenvalue weighted by Crippen LogP contribution is 2.24. The number of alkyl halides is 4. The molecular formula is C20H21F5N8O3. The summed E-state index contributed by atoms with van der Waals surface area (Å²) < 4.78 is 69.7. The van der Waals surface area contributed by atoms with Gasteiger partial charge in [0.15, 0.2) is 5.69 Å². The number of nitriles is 1. The minimum atomic E-state index is -4.96. The van der Waals surface area contributed by atoms with E-state index in [0.29, 0.717) is 0 Å². The van der Waals surface area contributed by atoms with Crippen molar-refractivity contribution in [3.63, 3.8) is 0 Å². The van der Waals surface area contributed by atoms with Gasteiger partial charge in [-0.3, -0.25) is 14.3 Å². The Morgan fingerprint density at radius 2 is 2.06 bits per heavy atom. The topological polar surface area (TPSA) is 160 Å². The maximum Gasteiger partial charge on any atom is 0.573 e. The number of halogens is 5. The van der Waals surface area contributed by atoms with E-state index >= 15 is 0 Å². The van der Waals surface area contributed by atoms with Crippen molar-refractivity contribution in [2.45, 2.75) is 32.0 Å². The number of carbonyl (C=O) groups is 2. The van der Waals surface area contributed by atoms with Gasteiger partial charge in [-0.25, -0.2) is 8.78 Å². The Morgan fingerprint density at radius 3 is 2.75 bits per heavy atom. The monoisotopic (exact) mass is 516 g/mol. The van der Waals surface area contributed by atoms with Gasteiger partial charge in [0.05, 0.1) is 12.3 Å². The number of carbonyl (C=O) groups excluding carboxylic acids is 2. The molecule has 2 rings (SSSR count). The van der Waals surface area contributed by atoms with Gasteiger partial charge in [0.2, 0.25) is 0 Å². The maximum atomic E-state index is 14.1. The summed E-state index contributed by atoms with van der Waals surface area (Å²) in [5.41, 5.74) is 4.89. The fraction of sp³-hybridized carbons (Fsp3) is 0.350. The number of nitrogens with one attached hydrogen (secondary N) is 3. The number of aryl methyl sites for hydroxylation is 1.